The lowest BCUT2D eigenvalue weighted by Gasteiger charge is -2.33. The summed E-state index contributed by atoms with van der Waals surface area (Å²) in [6.07, 6.45) is 9.68. The first-order chi connectivity index (χ1) is 15.2. The monoisotopic (exact) mass is 441 g/mol. The number of carbonyl (C=O) groups excluding carboxylic acids is 1. The zero-order chi connectivity index (χ0) is 21.2. The van der Waals surface area contributed by atoms with Gasteiger partial charge in [0.15, 0.2) is 5.82 Å². The second-order valence-corrected chi connectivity index (χ2v) is 8.31. The van der Waals surface area contributed by atoms with Gasteiger partial charge >= 0.3 is 0 Å². The summed E-state index contributed by atoms with van der Waals surface area (Å²) in [6.45, 7) is 1.69. The third-order valence-electron chi connectivity index (χ3n) is 5.57. The maximum Gasteiger partial charge on any atom is 0.250 e. The minimum Gasteiger partial charge on any atom is -0.341 e. The van der Waals surface area contributed by atoms with E-state index in [0.29, 0.717) is 49.8 Å². The van der Waals surface area contributed by atoms with Gasteiger partial charge in [0.25, 0.3) is 0 Å². The van der Waals surface area contributed by atoms with Gasteiger partial charge in [-0.15, -0.1) is 11.3 Å². The van der Waals surface area contributed by atoms with Crippen LogP contribution < -0.4 is 4.90 Å². The minimum absolute atomic E-state index is 0.0295. The van der Waals surface area contributed by atoms with Crippen LogP contribution in [0.1, 0.15) is 31.0 Å². The molecule has 0 aromatic carbocycles. The average molecular weight is 441 g/mol. The molecule has 11 heteroatoms. The number of hydrogen-bond donors (Lipinski definition) is 0. The van der Waals surface area contributed by atoms with E-state index < -0.39 is 5.82 Å². The number of nitrogens with zero attached hydrogens (tertiary/aromatic N) is 7. The van der Waals surface area contributed by atoms with Crippen LogP contribution in [0.2, 0.25) is 0 Å². The SMILES string of the molecule is O=C(C1CCN(c2ncc(F)c(-c3cncs3)n2)CC1)N1OCC[C@H]1c1cnccn1. The first-order valence-electron chi connectivity index (χ1n) is 10.1. The maximum absolute atomic E-state index is 14.2. The molecule has 3 aromatic rings. The molecule has 5 rings (SSSR count). The number of halogens is 1. The van der Waals surface area contributed by atoms with Gasteiger partial charge in [0.1, 0.15) is 11.7 Å². The van der Waals surface area contributed by atoms with E-state index in [1.165, 1.54) is 22.6 Å². The van der Waals surface area contributed by atoms with Gasteiger partial charge in [0.05, 0.1) is 35.1 Å². The predicted octanol–water partition coefficient (Wildman–Crippen LogP) is 2.65. The summed E-state index contributed by atoms with van der Waals surface area (Å²) in [6, 6.07) is -0.207. The van der Waals surface area contributed by atoms with Crippen LogP contribution in [0, 0.1) is 11.7 Å². The van der Waals surface area contributed by atoms with E-state index in [1.807, 2.05) is 4.90 Å². The number of piperidine rings is 1. The molecule has 0 aliphatic carbocycles. The highest BCUT2D eigenvalue weighted by Gasteiger charge is 2.38. The Balaban J connectivity index is 1.26. The molecule has 0 spiro atoms. The van der Waals surface area contributed by atoms with Gasteiger partial charge < -0.3 is 4.90 Å². The second kappa shape index (κ2) is 8.60. The third-order valence-corrected chi connectivity index (χ3v) is 6.35. The molecule has 1 amide bonds. The van der Waals surface area contributed by atoms with Gasteiger partial charge in [-0.05, 0) is 12.8 Å². The van der Waals surface area contributed by atoms with Gasteiger partial charge in [-0.3, -0.25) is 24.6 Å². The predicted molar refractivity (Wildman–Crippen MR) is 110 cm³/mol. The number of anilines is 1. The molecule has 1 atom stereocenters. The molecule has 0 bridgehead atoms. The normalized spacial score (nSPS) is 19.7. The van der Waals surface area contributed by atoms with Crippen molar-refractivity contribution >= 4 is 23.2 Å². The first-order valence-corrected chi connectivity index (χ1v) is 11.0. The van der Waals surface area contributed by atoms with Crippen LogP contribution in [-0.4, -0.2) is 55.6 Å². The van der Waals surface area contributed by atoms with Gasteiger partial charge in [-0.2, -0.15) is 0 Å². The van der Waals surface area contributed by atoms with Crippen molar-refractivity contribution in [3.63, 3.8) is 0 Å². The van der Waals surface area contributed by atoms with E-state index in [1.54, 1.807) is 30.3 Å². The molecule has 5 heterocycles. The summed E-state index contributed by atoms with van der Waals surface area (Å²) in [7, 11) is 0. The van der Waals surface area contributed by atoms with E-state index >= 15 is 0 Å². The Bertz CT molecular complexity index is 1040. The van der Waals surface area contributed by atoms with Crippen LogP contribution in [0.25, 0.3) is 10.6 Å². The molecule has 0 radical (unpaired) electrons. The summed E-state index contributed by atoms with van der Waals surface area (Å²) in [5.74, 6) is -0.196. The Hall–Kier alpha value is -3.05. The van der Waals surface area contributed by atoms with Gasteiger partial charge in [0, 0.05) is 44.0 Å². The molecule has 31 heavy (non-hydrogen) atoms. The summed E-state index contributed by atoms with van der Waals surface area (Å²) in [5, 5.41) is 1.47. The Labute approximate surface area is 181 Å². The van der Waals surface area contributed by atoms with Crippen molar-refractivity contribution in [1.82, 2.24) is 30.0 Å². The first kappa shape index (κ1) is 19.9. The quantitative estimate of drug-likeness (QED) is 0.610. The fourth-order valence-corrected chi connectivity index (χ4v) is 4.57. The van der Waals surface area contributed by atoms with E-state index in [9.17, 15) is 9.18 Å². The van der Waals surface area contributed by atoms with Crippen molar-refractivity contribution in [1.29, 1.82) is 0 Å². The highest BCUT2D eigenvalue weighted by Crippen LogP contribution is 2.33. The van der Waals surface area contributed by atoms with Crippen LogP contribution >= 0.6 is 11.3 Å². The fraction of sp³-hybridized carbons (Fsp3) is 0.400. The zero-order valence-electron chi connectivity index (χ0n) is 16.6. The van der Waals surface area contributed by atoms with E-state index in [-0.39, 0.29) is 23.6 Å². The molecular weight excluding hydrogens is 421 g/mol. The van der Waals surface area contributed by atoms with Crippen LogP contribution in [0.5, 0.6) is 0 Å². The highest BCUT2D eigenvalue weighted by atomic mass is 32.1. The van der Waals surface area contributed by atoms with E-state index in [2.05, 4.69) is 24.9 Å². The van der Waals surface area contributed by atoms with Crippen LogP contribution in [-0.2, 0) is 9.63 Å². The summed E-state index contributed by atoms with van der Waals surface area (Å²) in [5.41, 5.74) is 2.63. The Morgan fingerprint density at radius 3 is 2.71 bits per heavy atom. The summed E-state index contributed by atoms with van der Waals surface area (Å²) < 4.78 is 14.2. The van der Waals surface area contributed by atoms with Crippen molar-refractivity contribution in [3.05, 3.63) is 48.0 Å². The highest BCUT2D eigenvalue weighted by molar-refractivity contribution is 7.13. The second-order valence-electron chi connectivity index (χ2n) is 7.43. The largest absolute Gasteiger partial charge is 0.341 e. The molecule has 0 saturated carbocycles. The lowest BCUT2D eigenvalue weighted by molar-refractivity contribution is -0.182. The van der Waals surface area contributed by atoms with Crippen LogP contribution in [0.3, 0.4) is 0 Å². The topological polar surface area (TPSA) is 97.2 Å². The number of hydroxylamine groups is 2. The lowest BCUT2D eigenvalue weighted by atomic mass is 9.95. The molecule has 0 unspecified atom stereocenters. The number of aromatic nitrogens is 5. The molecule has 160 valence electrons. The maximum atomic E-state index is 14.2. The van der Waals surface area contributed by atoms with Crippen molar-refractivity contribution in [2.45, 2.75) is 25.3 Å². The number of rotatable bonds is 4. The molecule has 2 aliphatic heterocycles. The van der Waals surface area contributed by atoms with E-state index in [4.69, 9.17) is 4.84 Å². The molecule has 2 fully saturated rings. The van der Waals surface area contributed by atoms with Gasteiger partial charge in [-0.25, -0.2) is 19.4 Å². The van der Waals surface area contributed by atoms with Crippen molar-refractivity contribution in [2.24, 2.45) is 5.92 Å². The lowest BCUT2D eigenvalue weighted by Crippen LogP contribution is -2.42. The molecule has 2 aliphatic rings. The molecule has 0 N–H and O–H groups in total. The number of amides is 1. The number of carbonyl (C=O) groups is 1. The minimum atomic E-state index is -0.473. The van der Waals surface area contributed by atoms with Crippen LogP contribution in [0.15, 0.2) is 36.5 Å². The Kier molecular flexibility index (Phi) is 5.51. The Morgan fingerprint density at radius 1 is 1.10 bits per heavy atom. The number of thiazole rings is 1. The molecule has 2 saturated heterocycles. The van der Waals surface area contributed by atoms with Gasteiger partial charge in [-0.1, -0.05) is 0 Å². The molecule has 9 nitrogen and oxygen atoms in total. The van der Waals surface area contributed by atoms with Crippen molar-refractivity contribution < 1.29 is 14.0 Å². The average Bonchev–Trinajstić information content (AvgIpc) is 3.52. The summed E-state index contributed by atoms with van der Waals surface area (Å²) in [4.78, 5) is 42.4. The fourth-order valence-electron chi connectivity index (χ4n) is 3.96. The molecular formula is C20H20FN7O2S. The Morgan fingerprint density at radius 2 is 1.97 bits per heavy atom. The summed E-state index contributed by atoms with van der Waals surface area (Å²) >= 11 is 1.33. The van der Waals surface area contributed by atoms with Gasteiger partial charge in [0.2, 0.25) is 11.9 Å². The third kappa shape index (κ3) is 3.98. The number of hydrogen-bond acceptors (Lipinski definition) is 9. The smallest absolute Gasteiger partial charge is 0.250 e. The zero-order valence-corrected chi connectivity index (χ0v) is 17.4. The molecule has 3 aromatic heterocycles. The van der Waals surface area contributed by atoms with Crippen molar-refractivity contribution in [2.75, 3.05) is 24.6 Å². The van der Waals surface area contributed by atoms with Crippen LogP contribution in [0.4, 0.5) is 10.3 Å². The van der Waals surface area contributed by atoms with E-state index in [0.717, 1.165) is 5.69 Å². The standard InChI is InChI=1S/C20H20FN7O2S/c21-14-9-25-20(26-18(14)17-11-23-12-31-17)27-6-1-13(2-7-27)19(29)28-16(3-8-30-28)15-10-22-4-5-24-15/h4-5,9-13,16H,1-3,6-8H2/t16-/m0/s1. The van der Waals surface area contributed by atoms with Crippen molar-refractivity contribution in [3.8, 4) is 10.6 Å².